The van der Waals surface area contributed by atoms with E-state index in [-0.39, 0.29) is 0 Å². The Labute approximate surface area is 100 Å². The molecule has 0 aliphatic heterocycles. The molecule has 0 aliphatic rings. The van der Waals surface area contributed by atoms with Crippen molar-refractivity contribution in [2.24, 2.45) is 0 Å². The highest BCUT2D eigenvalue weighted by Crippen LogP contribution is 2.16. The van der Waals surface area contributed by atoms with Gasteiger partial charge < -0.3 is 15.1 Å². The molecule has 0 aromatic carbocycles. The van der Waals surface area contributed by atoms with Crippen molar-refractivity contribution in [1.29, 1.82) is 0 Å². The van der Waals surface area contributed by atoms with Crippen molar-refractivity contribution in [3.63, 3.8) is 0 Å². The Morgan fingerprint density at radius 2 is 2.06 bits per heavy atom. The van der Waals surface area contributed by atoms with E-state index in [2.05, 4.69) is 9.97 Å². The van der Waals surface area contributed by atoms with Gasteiger partial charge in [-0.1, -0.05) is 0 Å². The largest absolute Gasteiger partial charge is 0.464 e. The van der Waals surface area contributed by atoms with Crippen molar-refractivity contribution in [1.82, 2.24) is 9.97 Å². The molecule has 0 aliphatic carbocycles. The van der Waals surface area contributed by atoms with Crippen LogP contribution < -0.4 is 10.6 Å². The Morgan fingerprint density at radius 3 is 2.65 bits per heavy atom. The number of aromatic nitrogens is 2. The molecule has 0 unspecified atom stereocenters. The molecule has 0 radical (unpaired) electrons. The smallest absolute Gasteiger partial charge is 0.134 e. The van der Waals surface area contributed by atoms with Gasteiger partial charge in [0, 0.05) is 13.1 Å². The topological polar surface area (TPSA) is 68.2 Å². The van der Waals surface area contributed by atoms with Gasteiger partial charge >= 0.3 is 0 Å². The molecule has 0 bridgehead atoms. The minimum atomic E-state index is 0.481. The first-order chi connectivity index (χ1) is 8.04. The summed E-state index contributed by atoms with van der Waals surface area (Å²) < 4.78 is 5.52. The van der Waals surface area contributed by atoms with Crippen molar-refractivity contribution in [2.45, 2.75) is 20.4 Å². The second-order valence-electron chi connectivity index (χ2n) is 4.07. The van der Waals surface area contributed by atoms with Crippen LogP contribution in [0.1, 0.15) is 17.3 Å². The fraction of sp³-hybridized carbons (Fsp3) is 0.333. The van der Waals surface area contributed by atoms with Crippen molar-refractivity contribution in [3.8, 4) is 0 Å². The molecule has 0 atom stereocenters. The third-order valence-electron chi connectivity index (χ3n) is 2.42. The zero-order chi connectivity index (χ0) is 12.4. The maximum atomic E-state index is 5.69. The lowest BCUT2D eigenvalue weighted by Gasteiger charge is -2.17. The first-order valence-electron chi connectivity index (χ1n) is 5.42. The number of aryl methyl sites for hydroxylation is 2. The number of nitrogens with zero attached hydrogens (tertiary/aromatic N) is 3. The van der Waals surface area contributed by atoms with E-state index in [1.165, 1.54) is 0 Å². The molecule has 5 nitrogen and oxygen atoms in total. The Morgan fingerprint density at radius 1 is 1.29 bits per heavy atom. The molecule has 2 N–H and O–H groups in total. The van der Waals surface area contributed by atoms with Crippen LogP contribution in [-0.2, 0) is 6.54 Å². The second kappa shape index (κ2) is 4.45. The predicted molar refractivity (Wildman–Crippen MR) is 66.7 cm³/mol. The molecule has 0 amide bonds. The van der Waals surface area contributed by atoms with Crippen molar-refractivity contribution in [2.75, 3.05) is 17.7 Å². The van der Waals surface area contributed by atoms with Crippen LogP contribution in [0.2, 0.25) is 0 Å². The molecule has 5 heteroatoms. The molecule has 17 heavy (non-hydrogen) atoms. The van der Waals surface area contributed by atoms with E-state index in [0.717, 1.165) is 17.3 Å². The standard InChI is InChI=1S/C12H16N4O/c1-8-4-5-10(17-8)7-16(3)12-6-11(13)14-9(2)15-12/h4-6H,7H2,1-3H3,(H2,13,14,15). The molecular weight excluding hydrogens is 216 g/mol. The fourth-order valence-electron chi connectivity index (χ4n) is 1.65. The highest BCUT2D eigenvalue weighted by atomic mass is 16.3. The van der Waals surface area contributed by atoms with Gasteiger partial charge in [0.25, 0.3) is 0 Å². The molecule has 2 heterocycles. The van der Waals surface area contributed by atoms with E-state index in [0.29, 0.717) is 18.2 Å². The number of hydrogen-bond acceptors (Lipinski definition) is 5. The average Bonchev–Trinajstić information content (AvgIpc) is 2.62. The van der Waals surface area contributed by atoms with Crippen LogP contribution in [-0.4, -0.2) is 17.0 Å². The van der Waals surface area contributed by atoms with Gasteiger partial charge in [0.05, 0.1) is 6.54 Å². The molecule has 0 saturated carbocycles. The Hall–Kier alpha value is -2.04. The minimum Gasteiger partial charge on any atom is -0.464 e. The summed E-state index contributed by atoms with van der Waals surface area (Å²) in [6, 6.07) is 5.66. The normalized spacial score (nSPS) is 10.5. The summed E-state index contributed by atoms with van der Waals surface area (Å²) >= 11 is 0. The van der Waals surface area contributed by atoms with Gasteiger partial charge in [-0.25, -0.2) is 9.97 Å². The molecule has 0 saturated heterocycles. The number of nitrogens with two attached hydrogens (primary N) is 1. The van der Waals surface area contributed by atoms with Gasteiger partial charge in [0.2, 0.25) is 0 Å². The molecule has 90 valence electrons. The van der Waals surface area contributed by atoms with Crippen molar-refractivity contribution < 1.29 is 4.42 Å². The number of hydrogen-bond donors (Lipinski definition) is 1. The number of furan rings is 1. The summed E-state index contributed by atoms with van der Waals surface area (Å²) in [5.74, 6) is 3.76. The first kappa shape index (κ1) is 11.4. The van der Waals surface area contributed by atoms with Crippen LogP contribution in [0.4, 0.5) is 11.6 Å². The van der Waals surface area contributed by atoms with E-state index < -0.39 is 0 Å². The highest BCUT2D eigenvalue weighted by Gasteiger charge is 2.08. The van der Waals surface area contributed by atoms with Gasteiger partial charge in [0.1, 0.15) is 29.0 Å². The zero-order valence-corrected chi connectivity index (χ0v) is 10.3. The highest BCUT2D eigenvalue weighted by molar-refractivity contribution is 5.46. The van der Waals surface area contributed by atoms with Gasteiger partial charge in [-0.2, -0.15) is 0 Å². The van der Waals surface area contributed by atoms with Gasteiger partial charge in [-0.3, -0.25) is 0 Å². The van der Waals surface area contributed by atoms with Gasteiger partial charge in [-0.15, -0.1) is 0 Å². The number of nitrogen functional groups attached to an aromatic ring is 1. The third kappa shape index (κ3) is 2.75. The molecular formula is C12H16N4O. The molecule has 0 fully saturated rings. The zero-order valence-electron chi connectivity index (χ0n) is 10.3. The SMILES string of the molecule is Cc1nc(N)cc(N(C)Cc2ccc(C)o2)n1. The fourth-order valence-corrected chi connectivity index (χ4v) is 1.65. The number of anilines is 2. The van der Waals surface area contributed by atoms with E-state index in [1.807, 2.05) is 37.9 Å². The molecule has 0 spiro atoms. The van der Waals surface area contributed by atoms with Crippen LogP contribution in [0.3, 0.4) is 0 Å². The van der Waals surface area contributed by atoms with E-state index in [1.54, 1.807) is 6.07 Å². The molecule has 2 aromatic heterocycles. The summed E-state index contributed by atoms with van der Waals surface area (Å²) in [4.78, 5) is 10.3. The lowest BCUT2D eigenvalue weighted by Crippen LogP contribution is -2.18. The lowest BCUT2D eigenvalue weighted by atomic mass is 10.4. The maximum absolute atomic E-state index is 5.69. The van der Waals surface area contributed by atoms with Crippen molar-refractivity contribution in [3.05, 3.63) is 35.5 Å². The summed E-state index contributed by atoms with van der Waals surface area (Å²) in [5.41, 5.74) is 5.69. The van der Waals surface area contributed by atoms with Crippen LogP contribution in [0, 0.1) is 13.8 Å². The Balaban J connectivity index is 2.16. The average molecular weight is 232 g/mol. The second-order valence-corrected chi connectivity index (χ2v) is 4.07. The van der Waals surface area contributed by atoms with Crippen LogP contribution in [0.5, 0.6) is 0 Å². The molecule has 2 rings (SSSR count). The monoisotopic (exact) mass is 232 g/mol. The minimum absolute atomic E-state index is 0.481. The van der Waals surface area contributed by atoms with Crippen molar-refractivity contribution >= 4 is 11.6 Å². The number of rotatable bonds is 3. The first-order valence-corrected chi connectivity index (χ1v) is 5.42. The summed E-state index contributed by atoms with van der Waals surface area (Å²) in [6.45, 7) is 4.41. The van der Waals surface area contributed by atoms with E-state index in [9.17, 15) is 0 Å². The van der Waals surface area contributed by atoms with Gasteiger partial charge in [-0.05, 0) is 26.0 Å². The van der Waals surface area contributed by atoms with Gasteiger partial charge in [0.15, 0.2) is 0 Å². The molecule has 2 aromatic rings. The third-order valence-corrected chi connectivity index (χ3v) is 2.42. The summed E-state index contributed by atoms with van der Waals surface area (Å²) in [5, 5.41) is 0. The van der Waals surface area contributed by atoms with Crippen LogP contribution in [0.25, 0.3) is 0 Å². The lowest BCUT2D eigenvalue weighted by molar-refractivity contribution is 0.481. The van der Waals surface area contributed by atoms with Crippen LogP contribution >= 0.6 is 0 Å². The van der Waals surface area contributed by atoms with E-state index >= 15 is 0 Å². The van der Waals surface area contributed by atoms with E-state index in [4.69, 9.17) is 10.2 Å². The quantitative estimate of drug-likeness (QED) is 0.875. The summed E-state index contributed by atoms with van der Waals surface area (Å²) in [7, 11) is 1.94. The maximum Gasteiger partial charge on any atom is 0.134 e. The van der Waals surface area contributed by atoms with Crippen LogP contribution in [0.15, 0.2) is 22.6 Å². The Kier molecular flexibility index (Phi) is 2.99. The predicted octanol–water partition coefficient (Wildman–Crippen LogP) is 1.91. The Bertz CT molecular complexity index is 501. The summed E-state index contributed by atoms with van der Waals surface area (Å²) in [6.07, 6.45) is 0.